The first-order chi connectivity index (χ1) is 14.0. The number of rotatable bonds is 5. The Morgan fingerprint density at radius 2 is 1.69 bits per heavy atom. The number of anilines is 4. The zero-order chi connectivity index (χ0) is 20.4. The van der Waals surface area contributed by atoms with Crippen LogP contribution in [0.25, 0.3) is 0 Å². The Morgan fingerprint density at radius 1 is 0.966 bits per heavy atom. The van der Waals surface area contributed by atoms with E-state index in [1.54, 1.807) is 18.2 Å². The normalized spacial score (nSPS) is 12.3. The van der Waals surface area contributed by atoms with Crippen molar-refractivity contribution < 1.29 is 14.4 Å². The number of benzene rings is 2. The summed E-state index contributed by atoms with van der Waals surface area (Å²) < 4.78 is 11.1. The van der Waals surface area contributed by atoms with Crippen LogP contribution in [0, 0.1) is 24.0 Å². The van der Waals surface area contributed by atoms with E-state index < -0.39 is 4.92 Å². The van der Waals surface area contributed by atoms with Crippen molar-refractivity contribution in [3.05, 3.63) is 64.0 Å². The zero-order valence-corrected chi connectivity index (χ0v) is 15.9. The minimum absolute atomic E-state index is 0.0782. The fourth-order valence-electron chi connectivity index (χ4n) is 2.99. The molecule has 1 aromatic heterocycles. The molecule has 3 aromatic rings. The summed E-state index contributed by atoms with van der Waals surface area (Å²) in [5.74, 6) is 1.40. The molecule has 0 spiro atoms. The lowest BCUT2D eigenvalue weighted by Crippen LogP contribution is -2.15. The summed E-state index contributed by atoms with van der Waals surface area (Å²) in [7, 11) is 0. The van der Waals surface area contributed by atoms with Gasteiger partial charge in [0.1, 0.15) is 19.5 Å². The fourth-order valence-corrected chi connectivity index (χ4v) is 2.99. The number of fused-ring (bicyclic) bond motifs is 1. The lowest BCUT2D eigenvalue weighted by atomic mass is 10.1. The second-order valence-corrected chi connectivity index (χ2v) is 6.60. The minimum Gasteiger partial charge on any atom is -0.486 e. The van der Waals surface area contributed by atoms with Gasteiger partial charge in [0, 0.05) is 17.4 Å². The molecule has 2 aromatic carbocycles. The maximum atomic E-state index is 11.8. The van der Waals surface area contributed by atoms with Gasteiger partial charge in [-0.2, -0.15) is 0 Å². The van der Waals surface area contributed by atoms with Gasteiger partial charge in [-0.1, -0.05) is 12.1 Å². The summed E-state index contributed by atoms with van der Waals surface area (Å²) in [5, 5.41) is 17.9. The maximum Gasteiger partial charge on any atom is 0.353 e. The number of nitrogens with zero attached hydrogens (tertiary/aromatic N) is 3. The quantitative estimate of drug-likeness (QED) is 0.488. The Bertz CT molecular complexity index is 1090. The van der Waals surface area contributed by atoms with Gasteiger partial charge in [0.2, 0.25) is 11.6 Å². The molecular formula is C20H19N5O4. The minimum atomic E-state index is -0.506. The number of aromatic nitrogens is 2. The molecule has 0 amide bonds. The summed E-state index contributed by atoms with van der Waals surface area (Å²) in [6.45, 7) is 4.82. The van der Waals surface area contributed by atoms with Crippen molar-refractivity contribution in [3.8, 4) is 11.5 Å². The molecule has 2 heterocycles. The van der Waals surface area contributed by atoms with E-state index in [1.807, 2.05) is 32.0 Å². The summed E-state index contributed by atoms with van der Waals surface area (Å²) in [6, 6.07) is 11.0. The molecule has 0 bridgehead atoms. The largest absolute Gasteiger partial charge is 0.486 e. The average molecular weight is 393 g/mol. The van der Waals surface area contributed by atoms with Crippen molar-refractivity contribution in [2.45, 2.75) is 13.8 Å². The molecule has 0 aliphatic carbocycles. The monoisotopic (exact) mass is 393 g/mol. The third-order valence-electron chi connectivity index (χ3n) is 4.46. The molecule has 2 N–H and O–H groups in total. The molecule has 0 fully saturated rings. The van der Waals surface area contributed by atoms with Crippen LogP contribution < -0.4 is 20.1 Å². The Labute approximate surface area is 166 Å². The maximum absolute atomic E-state index is 11.8. The molecule has 9 nitrogen and oxygen atoms in total. The van der Waals surface area contributed by atoms with E-state index in [4.69, 9.17) is 9.47 Å². The van der Waals surface area contributed by atoms with E-state index in [2.05, 4.69) is 20.6 Å². The van der Waals surface area contributed by atoms with Crippen LogP contribution in [0.2, 0.25) is 0 Å². The van der Waals surface area contributed by atoms with Crippen molar-refractivity contribution in [2.24, 2.45) is 0 Å². The average Bonchev–Trinajstić information content (AvgIpc) is 2.70. The molecule has 0 saturated heterocycles. The van der Waals surface area contributed by atoms with E-state index in [9.17, 15) is 10.1 Å². The summed E-state index contributed by atoms with van der Waals surface area (Å²) >= 11 is 0. The molecule has 29 heavy (non-hydrogen) atoms. The predicted molar refractivity (Wildman–Crippen MR) is 109 cm³/mol. The smallest absolute Gasteiger partial charge is 0.353 e. The van der Waals surface area contributed by atoms with E-state index in [1.165, 1.54) is 6.33 Å². The SMILES string of the molecule is Cc1ccc(C)c(Nc2ncnc(Nc3ccc4c(c3)OCCO4)c2[N+](=O)[O-])c1. The highest BCUT2D eigenvalue weighted by atomic mass is 16.6. The van der Waals surface area contributed by atoms with Crippen molar-refractivity contribution in [2.75, 3.05) is 23.8 Å². The highest BCUT2D eigenvalue weighted by molar-refractivity contribution is 5.78. The molecule has 1 aliphatic rings. The van der Waals surface area contributed by atoms with Crippen LogP contribution in [-0.2, 0) is 0 Å². The van der Waals surface area contributed by atoms with Gasteiger partial charge in [-0.3, -0.25) is 10.1 Å². The highest BCUT2D eigenvalue weighted by Crippen LogP contribution is 2.37. The molecular weight excluding hydrogens is 374 g/mol. The molecule has 0 atom stereocenters. The summed E-state index contributed by atoms with van der Waals surface area (Å²) in [5.41, 5.74) is 3.07. The van der Waals surface area contributed by atoms with Crippen molar-refractivity contribution in [3.63, 3.8) is 0 Å². The highest BCUT2D eigenvalue weighted by Gasteiger charge is 2.24. The van der Waals surface area contributed by atoms with E-state index in [0.29, 0.717) is 30.4 Å². The molecule has 1 aliphatic heterocycles. The van der Waals surface area contributed by atoms with Gasteiger partial charge >= 0.3 is 5.69 Å². The fraction of sp³-hybridized carbons (Fsp3) is 0.200. The van der Waals surface area contributed by atoms with Crippen LogP contribution >= 0.6 is 0 Å². The third-order valence-corrected chi connectivity index (χ3v) is 4.46. The summed E-state index contributed by atoms with van der Waals surface area (Å²) in [6.07, 6.45) is 1.28. The second kappa shape index (κ2) is 7.63. The number of hydrogen-bond donors (Lipinski definition) is 2. The van der Waals surface area contributed by atoms with E-state index in [-0.39, 0.29) is 17.3 Å². The Hall–Kier alpha value is -3.88. The predicted octanol–water partition coefficient (Wildman–Crippen LogP) is 4.26. The van der Waals surface area contributed by atoms with Gasteiger partial charge in [0.25, 0.3) is 0 Å². The van der Waals surface area contributed by atoms with Crippen LogP contribution in [0.1, 0.15) is 11.1 Å². The first kappa shape index (κ1) is 18.5. The summed E-state index contributed by atoms with van der Waals surface area (Å²) in [4.78, 5) is 19.5. The van der Waals surface area contributed by atoms with Crippen LogP contribution in [0.4, 0.5) is 28.7 Å². The lowest BCUT2D eigenvalue weighted by molar-refractivity contribution is -0.383. The van der Waals surface area contributed by atoms with Crippen molar-refractivity contribution in [1.29, 1.82) is 0 Å². The molecule has 4 rings (SSSR count). The number of ether oxygens (including phenoxy) is 2. The van der Waals surface area contributed by atoms with Gasteiger partial charge in [0.05, 0.1) is 4.92 Å². The van der Waals surface area contributed by atoms with Gasteiger partial charge in [-0.05, 0) is 43.2 Å². The number of aryl methyl sites for hydroxylation is 2. The zero-order valence-electron chi connectivity index (χ0n) is 15.9. The third kappa shape index (κ3) is 3.88. The molecule has 9 heteroatoms. The molecule has 148 valence electrons. The van der Waals surface area contributed by atoms with E-state index >= 15 is 0 Å². The van der Waals surface area contributed by atoms with Gasteiger partial charge < -0.3 is 20.1 Å². The lowest BCUT2D eigenvalue weighted by Gasteiger charge is -2.19. The number of nitro groups is 1. The second-order valence-electron chi connectivity index (χ2n) is 6.60. The van der Waals surface area contributed by atoms with E-state index in [0.717, 1.165) is 16.8 Å². The van der Waals surface area contributed by atoms with Gasteiger partial charge in [0.15, 0.2) is 11.5 Å². The molecule has 0 saturated carbocycles. The van der Waals surface area contributed by atoms with Crippen LogP contribution in [-0.4, -0.2) is 28.1 Å². The van der Waals surface area contributed by atoms with Gasteiger partial charge in [-0.25, -0.2) is 9.97 Å². The van der Waals surface area contributed by atoms with Crippen molar-refractivity contribution in [1.82, 2.24) is 9.97 Å². The van der Waals surface area contributed by atoms with Crippen LogP contribution in [0.5, 0.6) is 11.5 Å². The van der Waals surface area contributed by atoms with Gasteiger partial charge in [-0.15, -0.1) is 0 Å². The number of hydrogen-bond acceptors (Lipinski definition) is 8. The Morgan fingerprint density at radius 3 is 2.45 bits per heavy atom. The Kier molecular flexibility index (Phi) is 4.86. The standard InChI is InChI=1S/C20H19N5O4/c1-12-3-4-13(2)15(9-12)24-20-18(25(26)27)19(21-11-22-20)23-14-5-6-16-17(10-14)29-8-7-28-16/h3-6,9-11H,7-8H2,1-2H3,(H2,21,22,23,24). The molecule has 0 radical (unpaired) electrons. The topological polar surface area (TPSA) is 111 Å². The Balaban J connectivity index is 1.68. The number of nitrogens with one attached hydrogen (secondary N) is 2. The molecule has 0 unspecified atom stereocenters. The van der Waals surface area contributed by atoms with Crippen LogP contribution in [0.3, 0.4) is 0 Å². The van der Waals surface area contributed by atoms with Crippen LogP contribution in [0.15, 0.2) is 42.7 Å². The first-order valence-electron chi connectivity index (χ1n) is 9.01. The first-order valence-corrected chi connectivity index (χ1v) is 9.01. The van der Waals surface area contributed by atoms with Crippen molar-refractivity contribution >= 4 is 28.7 Å².